The van der Waals surface area contributed by atoms with Crippen molar-refractivity contribution in [3.63, 3.8) is 0 Å². The summed E-state index contributed by atoms with van der Waals surface area (Å²) in [6.07, 6.45) is 0.561. The molecular weight excluding hydrogens is 735 g/mol. The molecule has 3 aromatic carbocycles. The van der Waals surface area contributed by atoms with E-state index in [0.29, 0.717) is 6.42 Å². The summed E-state index contributed by atoms with van der Waals surface area (Å²) in [5.41, 5.74) is 1.58. The third-order valence-electron chi connectivity index (χ3n) is 9.24. The number of nitrogens with zero attached hydrogens (tertiary/aromatic N) is 4. The second kappa shape index (κ2) is 20.6. The highest BCUT2D eigenvalue weighted by atomic mass is 32.2. The minimum atomic E-state index is -3.85. The summed E-state index contributed by atoms with van der Waals surface area (Å²) < 4.78 is 23.2. The number of hydrogen-bond acceptors (Lipinski definition) is 11. The van der Waals surface area contributed by atoms with Crippen molar-refractivity contribution in [2.45, 2.75) is 23.8 Å². The Labute approximate surface area is 319 Å². The molecule has 0 spiro atoms. The Balaban J connectivity index is 1.48. The van der Waals surface area contributed by atoms with Crippen LogP contribution in [0.1, 0.15) is 11.1 Å². The zero-order chi connectivity index (χ0) is 40.0. The molecule has 0 aliphatic carbocycles. The standard InChI is InChI=1S/C37H49N7O10S/c38-55(53,54)31-9-6-27(7-10-31)11-12-39-37(52)32(22-28-5-8-29-3-1-2-4-30(29)21-28)40-33(45)23-41-13-15-42(24-34(46)47)17-19-44(26-36(50)51)20-18-43(16-14-41)25-35(48)49/h1-10,21,32H,11-20,22-26H2,(H,39,52)(H,40,45)(H,46,47)(H,48,49)(H,50,51)(H2,38,53,54)/t32-/m0/s1. The highest BCUT2D eigenvalue weighted by Crippen LogP contribution is 2.17. The number of amides is 2. The summed E-state index contributed by atoms with van der Waals surface area (Å²) in [5, 5.41) is 41.4. The van der Waals surface area contributed by atoms with Gasteiger partial charge in [0.05, 0.1) is 31.1 Å². The SMILES string of the molecule is NS(=O)(=O)c1ccc(CCNC(=O)[C@H](Cc2ccc3ccccc3c2)NC(=O)CN2CCN(CC(=O)O)CCN(CC(=O)O)CCN(CC(=O)O)CC2)cc1. The molecule has 1 heterocycles. The third kappa shape index (κ3) is 15.0. The van der Waals surface area contributed by atoms with Crippen LogP contribution in [0, 0.1) is 0 Å². The lowest BCUT2D eigenvalue weighted by Crippen LogP contribution is -2.53. The number of nitrogens with two attached hydrogens (primary N) is 1. The fourth-order valence-corrected chi connectivity index (χ4v) is 6.85. The van der Waals surface area contributed by atoms with Gasteiger partial charge in [-0.2, -0.15) is 0 Å². The number of carbonyl (C=O) groups excluding carboxylic acids is 2. The Morgan fingerprint density at radius 2 is 1.09 bits per heavy atom. The van der Waals surface area contributed by atoms with Crippen molar-refractivity contribution in [1.82, 2.24) is 30.2 Å². The van der Waals surface area contributed by atoms with E-state index in [1.165, 1.54) is 12.1 Å². The van der Waals surface area contributed by atoms with Gasteiger partial charge in [0.1, 0.15) is 6.04 Å². The van der Waals surface area contributed by atoms with Crippen LogP contribution in [0.3, 0.4) is 0 Å². The lowest BCUT2D eigenvalue weighted by atomic mass is 10.0. The van der Waals surface area contributed by atoms with Crippen LogP contribution in [0.4, 0.5) is 0 Å². The first-order chi connectivity index (χ1) is 26.1. The number of sulfonamides is 1. The molecule has 4 rings (SSSR count). The van der Waals surface area contributed by atoms with Crippen molar-refractivity contribution in [3.05, 3.63) is 77.9 Å². The average Bonchev–Trinajstić information content (AvgIpc) is 3.11. The number of nitrogens with one attached hydrogen (secondary N) is 2. The molecule has 1 atom stereocenters. The van der Waals surface area contributed by atoms with Crippen LogP contribution in [-0.2, 0) is 46.8 Å². The molecule has 298 valence electrons. The van der Waals surface area contributed by atoms with E-state index in [1.54, 1.807) is 31.7 Å². The molecule has 55 heavy (non-hydrogen) atoms. The van der Waals surface area contributed by atoms with E-state index in [9.17, 15) is 47.7 Å². The summed E-state index contributed by atoms with van der Waals surface area (Å²) >= 11 is 0. The number of benzene rings is 3. The number of hydrogen-bond donors (Lipinski definition) is 6. The minimum absolute atomic E-state index is 0.0257. The van der Waals surface area contributed by atoms with Gasteiger partial charge in [0.15, 0.2) is 0 Å². The van der Waals surface area contributed by atoms with Gasteiger partial charge in [0.25, 0.3) is 0 Å². The van der Waals surface area contributed by atoms with Crippen molar-refractivity contribution in [2.75, 3.05) is 85.1 Å². The van der Waals surface area contributed by atoms with Crippen molar-refractivity contribution >= 4 is 50.5 Å². The molecule has 1 aliphatic rings. The van der Waals surface area contributed by atoms with Gasteiger partial charge in [0.2, 0.25) is 21.8 Å². The van der Waals surface area contributed by atoms with Crippen LogP contribution in [0.15, 0.2) is 71.6 Å². The molecule has 7 N–H and O–H groups in total. The molecule has 0 unspecified atom stereocenters. The van der Waals surface area contributed by atoms with E-state index in [-0.39, 0.29) is 96.4 Å². The van der Waals surface area contributed by atoms with Crippen molar-refractivity contribution in [1.29, 1.82) is 0 Å². The van der Waals surface area contributed by atoms with Gasteiger partial charge in [0, 0.05) is 65.3 Å². The summed E-state index contributed by atoms with van der Waals surface area (Å²) in [6, 6.07) is 18.6. The molecule has 1 fully saturated rings. The van der Waals surface area contributed by atoms with Crippen molar-refractivity contribution in [3.8, 4) is 0 Å². The summed E-state index contributed by atoms with van der Waals surface area (Å²) in [7, 11) is -3.85. The Kier molecular flexibility index (Phi) is 16.0. The maximum absolute atomic E-state index is 13.7. The van der Waals surface area contributed by atoms with Crippen LogP contribution < -0.4 is 15.8 Å². The number of carboxylic acid groups (broad SMARTS) is 3. The fraction of sp³-hybridized carbons (Fsp3) is 0.432. The van der Waals surface area contributed by atoms with Crippen molar-refractivity contribution < 1.29 is 47.7 Å². The van der Waals surface area contributed by atoms with E-state index in [1.807, 2.05) is 42.5 Å². The minimum Gasteiger partial charge on any atom is -0.480 e. The monoisotopic (exact) mass is 783 g/mol. The summed E-state index contributed by atoms with van der Waals surface area (Å²) in [5.74, 6) is -4.06. The Bertz CT molecular complexity index is 1880. The average molecular weight is 784 g/mol. The maximum Gasteiger partial charge on any atom is 0.317 e. The number of primary sulfonamides is 1. The number of carbonyl (C=O) groups is 5. The van der Waals surface area contributed by atoms with Crippen LogP contribution in [0.2, 0.25) is 0 Å². The molecule has 2 amide bonds. The van der Waals surface area contributed by atoms with E-state index in [2.05, 4.69) is 10.6 Å². The van der Waals surface area contributed by atoms with Gasteiger partial charge in [-0.15, -0.1) is 0 Å². The number of fused-ring (bicyclic) bond motifs is 1. The Morgan fingerprint density at radius 3 is 1.56 bits per heavy atom. The summed E-state index contributed by atoms with van der Waals surface area (Å²) in [4.78, 5) is 68.9. The predicted octanol–water partition coefficient (Wildman–Crippen LogP) is -0.651. The molecule has 18 heteroatoms. The zero-order valence-corrected chi connectivity index (χ0v) is 31.3. The quantitative estimate of drug-likeness (QED) is 0.106. The predicted molar refractivity (Wildman–Crippen MR) is 203 cm³/mol. The van der Waals surface area contributed by atoms with Gasteiger partial charge >= 0.3 is 17.9 Å². The zero-order valence-electron chi connectivity index (χ0n) is 30.5. The molecule has 17 nitrogen and oxygen atoms in total. The second-order valence-corrected chi connectivity index (χ2v) is 15.1. The molecule has 1 saturated heterocycles. The lowest BCUT2D eigenvalue weighted by molar-refractivity contribution is -0.140. The van der Waals surface area contributed by atoms with E-state index in [0.717, 1.165) is 21.9 Å². The normalized spacial score (nSPS) is 16.4. The number of aliphatic carboxylic acids is 3. The first-order valence-corrected chi connectivity index (χ1v) is 19.4. The van der Waals surface area contributed by atoms with E-state index >= 15 is 0 Å². The molecular formula is C37H49N7O10S. The van der Waals surface area contributed by atoms with E-state index in [4.69, 9.17) is 5.14 Å². The summed E-state index contributed by atoms with van der Waals surface area (Å²) in [6.45, 7) is 1.09. The molecule has 0 radical (unpaired) electrons. The first kappa shape index (κ1) is 42.8. The topological polar surface area (TPSA) is 243 Å². The van der Waals surface area contributed by atoms with E-state index < -0.39 is 45.8 Å². The number of carboxylic acids is 3. The van der Waals surface area contributed by atoms with Crippen LogP contribution in [0.25, 0.3) is 10.8 Å². The van der Waals surface area contributed by atoms with Gasteiger partial charge < -0.3 is 26.0 Å². The molecule has 0 bridgehead atoms. The van der Waals surface area contributed by atoms with Crippen LogP contribution in [0.5, 0.6) is 0 Å². The second-order valence-electron chi connectivity index (χ2n) is 13.5. The van der Waals surface area contributed by atoms with Gasteiger partial charge in [-0.25, -0.2) is 13.6 Å². The van der Waals surface area contributed by atoms with Gasteiger partial charge in [-0.05, 0) is 40.5 Å². The van der Waals surface area contributed by atoms with Gasteiger partial charge in [-0.1, -0.05) is 54.6 Å². The molecule has 0 aromatic heterocycles. The first-order valence-electron chi connectivity index (χ1n) is 17.9. The highest BCUT2D eigenvalue weighted by Gasteiger charge is 2.25. The Morgan fingerprint density at radius 1 is 0.636 bits per heavy atom. The largest absolute Gasteiger partial charge is 0.480 e. The van der Waals surface area contributed by atoms with Crippen LogP contribution >= 0.6 is 0 Å². The maximum atomic E-state index is 13.7. The van der Waals surface area contributed by atoms with Crippen LogP contribution in [-0.4, -0.2) is 164 Å². The highest BCUT2D eigenvalue weighted by molar-refractivity contribution is 7.89. The van der Waals surface area contributed by atoms with Crippen molar-refractivity contribution in [2.24, 2.45) is 5.14 Å². The molecule has 0 saturated carbocycles. The number of rotatable bonds is 16. The lowest BCUT2D eigenvalue weighted by Gasteiger charge is -2.33. The molecule has 1 aliphatic heterocycles. The van der Waals surface area contributed by atoms with Gasteiger partial charge in [-0.3, -0.25) is 43.6 Å². The third-order valence-corrected chi connectivity index (χ3v) is 10.2. The molecule has 3 aromatic rings. The fourth-order valence-electron chi connectivity index (χ4n) is 6.34. The smallest absolute Gasteiger partial charge is 0.317 e. The Hall–Kier alpha value is -4.98.